The second-order valence-corrected chi connectivity index (χ2v) is 5.85. The number of carbonyl (C=O) groups excluding carboxylic acids is 1. The minimum Gasteiger partial charge on any atom is -0.463 e. The molecule has 1 fully saturated rings. The molecule has 6 heteroatoms. The van der Waals surface area contributed by atoms with Gasteiger partial charge in [-0.15, -0.1) is 0 Å². The van der Waals surface area contributed by atoms with Gasteiger partial charge in [-0.2, -0.15) is 4.99 Å². The Morgan fingerprint density at radius 1 is 1.45 bits per heavy atom. The van der Waals surface area contributed by atoms with Crippen LogP contribution in [0.15, 0.2) is 23.2 Å². The van der Waals surface area contributed by atoms with E-state index in [1.165, 1.54) is 4.90 Å². The Labute approximate surface area is 121 Å². The number of carboxylic acid groups (broad SMARTS) is 1. The van der Waals surface area contributed by atoms with Gasteiger partial charge in [0.25, 0.3) is 0 Å². The number of carbonyl (C=O) groups is 2. The van der Waals surface area contributed by atoms with Crippen LogP contribution in [0.1, 0.15) is 30.9 Å². The number of thioether (sulfide) groups is 1. The van der Waals surface area contributed by atoms with Gasteiger partial charge in [-0.3, -0.25) is 9.69 Å². The van der Waals surface area contributed by atoms with Gasteiger partial charge in [0.05, 0.1) is 11.4 Å². The number of amidine groups is 1. The summed E-state index contributed by atoms with van der Waals surface area (Å²) in [6.07, 6.45) is -1.29. The van der Waals surface area contributed by atoms with Gasteiger partial charge in [0.15, 0.2) is 5.17 Å². The summed E-state index contributed by atoms with van der Waals surface area (Å²) in [5.41, 5.74) is 2.75. The van der Waals surface area contributed by atoms with Gasteiger partial charge in [-0.1, -0.05) is 37.7 Å². The van der Waals surface area contributed by atoms with Crippen molar-refractivity contribution in [2.75, 3.05) is 10.7 Å². The molecule has 1 aliphatic heterocycles. The summed E-state index contributed by atoms with van der Waals surface area (Å²) in [6.45, 7) is 6.01. The molecule has 0 aromatic heterocycles. The summed E-state index contributed by atoms with van der Waals surface area (Å²) in [6, 6.07) is 5.86. The van der Waals surface area contributed by atoms with Crippen LogP contribution in [-0.4, -0.2) is 28.0 Å². The first-order valence-electron chi connectivity index (χ1n) is 6.28. The van der Waals surface area contributed by atoms with Crippen LogP contribution in [0.3, 0.4) is 0 Å². The van der Waals surface area contributed by atoms with Gasteiger partial charge in [-0.25, -0.2) is 4.79 Å². The number of rotatable bonds is 2. The van der Waals surface area contributed by atoms with Gasteiger partial charge >= 0.3 is 6.09 Å². The van der Waals surface area contributed by atoms with E-state index in [4.69, 9.17) is 5.11 Å². The first kappa shape index (κ1) is 14.6. The largest absolute Gasteiger partial charge is 0.463 e. The molecule has 0 spiro atoms. The molecule has 1 aromatic carbocycles. The highest BCUT2D eigenvalue weighted by molar-refractivity contribution is 8.15. The molecule has 1 aromatic rings. The molecular weight excluding hydrogens is 276 g/mol. The third-order valence-corrected chi connectivity index (χ3v) is 3.93. The molecule has 2 amide bonds. The van der Waals surface area contributed by atoms with Crippen LogP contribution in [0.4, 0.5) is 10.5 Å². The summed E-state index contributed by atoms with van der Waals surface area (Å²) in [7, 11) is 0. The molecule has 1 N–H and O–H groups in total. The third-order valence-electron chi connectivity index (χ3n) is 3.01. The lowest BCUT2D eigenvalue weighted by atomic mass is 9.99. The van der Waals surface area contributed by atoms with Crippen molar-refractivity contribution in [3.8, 4) is 0 Å². The van der Waals surface area contributed by atoms with E-state index in [-0.39, 0.29) is 22.7 Å². The number of nitrogens with zero attached hydrogens (tertiary/aromatic N) is 2. The first-order chi connectivity index (χ1) is 9.40. The molecule has 0 bridgehead atoms. The molecule has 1 saturated heterocycles. The Balaban J connectivity index is 2.55. The van der Waals surface area contributed by atoms with Gasteiger partial charge in [0.1, 0.15) is 0 Å². The predicted octanol–water partition coefficient (Wildman–Crippen LogP) is 3.23. The van der Waals surface area contributed by atoms with Gasteiger partial charge in [-0.05, 0) is 30.0 Å². The fraction of sp³-hybridized carbons (Fsp3) is 0.357. The molecule has 0 aliphatic carbocycles. The highest BCUT2D eigenvalue weighted by atomic mass is 32.2. The maximum atomic E-state index is 12.1. The molecule has 0 radical (unpaired) electrons. The maximum Gasteiger partial charge on any atom is 0.433 e. The number of hydrogen-bond donors (Lipinski definition) is 1. The molecule has 0 unspecified atom stereocenters. The van der Waals surface area contributed by atoms with E-state index in [2.05, 4.69) is 4.99 Å². The van der Waals surface area contributed by atoms with Gasteiger partial charge in [0, 0.05) is 0 Å². The smallest absolute Gasteiger partial charge is 0.433 e. The average molecular weight is 292 g/mol. The highest BCUT2D eigenvalue weighted by Crippen LogP contribution is 2.34. The average Bonchev–Trinajstić information content (AvgIpc) is 2.69. The molecule has 2 rings (SSSR count). The van der Waals surface area contributed by atoms with Crippen molar-refractivity contribution < 1.29 is 14.7 Å². The van der Waals surface area contributed by atoms with Crippen LogP contribution >= 0.6 is 11.8 Å². The summed E-state index contributed by atoms with van der Waals surface area (Å²) >= 11 is 1.15. The zero-order valence-electron chi connectivity index (χ0n) is 11.6. The van der Waals surface area contributed by atoms with Crippen molar-refractivity contribution in [1.82, 2.24) is 0 Å². The van der Waals surface area contributed by atoms with Crippen LogP contribution < -0.4 is 4.90 Å². The number of amides is 2. The summed E-state index contributed by atoms with van der Waals surface area (Å²) in [5, 5.41) is 9.05. The Bertz CT molecular complexity index is 596. The van der Waals surface area contributed by atoms with E-state index in [1.54, 1.807) is 0 Å². The van der Waals surface area contributed by atoms with Gasteiger partial charge in [0.2, 0.25) is 5.91 Å². The van der Waals surface area contributed by atoms with E-state index in [0.29, 0.717) is 0 Å². The molecule has 1 heterocycles. The Hall–Kier alpha value is -1.82. The van der Waals surface area contributed by atoms with Crippen LogP contribution in [0, 0.1) is 6.92 Å². The predicted molar refractivity (Wildman–Crippen MR) is 80.7 cm³/mol. The van der Waals surface area contributed by atoms with Crippen molar-refractivity contribution in [1.29, 1.82) is 0 Å². The molecule has 1 aliphatic rings. The van der Waals surface area contributed by atoms with E-state index in [1.807, 2.05) is 39.0 Å². The van der Waals surface area contributed by atoms with Crippen molar-refractivity contribution >= 4 is 34.6 Å². The van der Waals surface area contributed by atoms with Crippen molar-refractivity contribution in [2.45, 2.75) is 26.7 Å². The summed E-state index contributed by atoms with van der Waals surface area (Å²) in [4.78, 5) is 27.8. The zero-order chi connectivity index (χ0) is 14.9. The molecule has 106 valence electrons. The standard InChI is InChI=1S/C14H16N2O3S/c1-8(2)10-5-4-9(3)6-11(10)16-12(17)7-20-13(16)15-14(18)19/h4-6,8H,7H2,1-3H3,(H,18,19). The minimum atomic E-state index is -1.29. The molecule has 0 atom stereocenters. The Kier molecular flexibility index (Phi) is 4.13. The highest BCUT2D eigenvalue weighted by Gasteiger charge is 2.32. The fourth-order valence-corrected chi connectivity index (χ4v) is 2.95. The number of aliphatic imine (C=N–C) groups is 1. The van der Waals surface area contributed by atoms with E-state index < -0.39 is 6.09 Å². The molecule has 0 saturated carbocycles. The van der Waals surface area contributed by atoms with Crippen molar-refractivity contribution in [2.24, 2.45) is 4.99 Å². The summed E-state index contributed by atoms with van der Waals surface area (Å²) in [5.74, 6) is 0.315. The number of benzene rings is 1. The zero-order valence-corrected chi connectivity index (χ0v) is 12.4. The SMILES string of the molecule is Cc1ccc(C(C)C)c(N2C(=O)CSC2=NC(=O)O)c1. The van der Waals surface area contributed by atoms with Crippen LogP contribution in [0.25, 0.3) is 0 Å². The number of aryl methyl sites for hydroxylation is 1. The Morgan fingerprint density at radius 3 is 2.75 bits per heavy atom. The molecular formula is C14H16N2O3S. The van der Waals surface area contributed by atoms with Crippen molar-refractivity contribution in [3.05, 3.63) is 29.3 Å². The normalized spacial score (nSPS) is 17.3. The number of hydrogen-bond acceptors (Lipinski definition) is 3. The Morgan fingerprint density at radius 2 is 2.15 bits per heavy atom. The van der Waals surface area contributed by atoms with E-state index in [9.17, 15) is 9.59 Å². The quantitative estimate of drug-likeness (QED) is 0.908. The molecule has 20 heavy (non-hydrogen) atoms. The van der Waals surface area contributed by atoms with Crippen LogP contribution in [-0.2, 0) is 4.79 Å². The lowest BCUT2D eigenvalue weighted by Crippen LogP contribution is -2.31. The first-order valence-corrected chi connectivity index (χ1v) is 7.26. The third kappa shape index (κ3) is 2.85. The van der Waals surface area contributed by atoms with E-state index in [0.717, 1.165) is 28.6 Å². The van der Waals surface area contributed by atoms with Crippen LogP contribution in [0.2, 0.25) is 0 Å². The van der Waals surface area contributed by atoms with E-state index >= 15 is 0 Å². The monoisotopic (exact) mass is 292 g/mol. The minimum absolute atomic E-state index is 0.137. The fourth-order valence-electron chi connectivity index (χ4n) is 2.10. The molecule has 5 nitrogen and oxygen atoms in total. The topological polar surface area (TPSA) is 70.0 Å². The maximum absolute atomic E-state index is 12.1. The summed E-state index contributed by atoms with van der Waals surface area (Å²) < 4.78 is 0. The second-order valence-electron chi connectivity index (χ2n) is 4.91. The second kappa shape index (κ2) is 5.66. The lowest BCUT2D eigenvalue weighted by molar-refractivity contribution is -0.115. The van der Waals surface area contributed by atoms with Crippen molar-refractivity contribution in [3.63, 3.8) is 0 Å². The van der Waals surface area contributed by atoms with Crippen LogP contribution in [0.5, 0.6) is 0 Å². The number of anilines is 1. The lowest BCUT2D eigenvalue weighted by Gasteiger charge is -2.22. The van der Waals surface area contributed by atoms with Gasteiger partial charge < -0.3 is 5.11 Å².